The van der Waals surface area contributed by atoms with Crippen LogP contribution in [0, 0.1) is 25.2 Å². The molecule has 1 unspecified atom stereocenters. The molecule has 4 aromatic rings. The van der Waals surface area contributed by atoms with E-state index in [0.29, 0.717) is 54.0 Å². The first kappa shape index (κ1) is 35.7. The van der Waals surface area contributed by atoms with Crippen LogP contribution in [-0.4, -0.2) is 41.4 Å². The Morgan fingerprint density at radius 3 is 2.21 bits per heavy atom. The summed E-state index contributed by atoms with van der Waals surface area (Å²) in [7, 11) is 0. The number of hydrogen-bond acceptors (Lipinski definition) is 4. The third-order valence-corrected chi connectivity index (χ3v) is 8.70. The van der Waals surface area contributed by atoms with Gasteiger partial charge in [0.15, 0.2) is 5.75 Å². The smallest absolute Gasteiger partial charge is 0.407 e. The van der Waals surface area contributed by atoms with E-state index in [2.05, 4.69) is 43.3 Å². The van der Waals surface area contributed by atoms with Crippen LogP contribution in [0.3, 0.4) is 0 Å². The van der Waals surface area contributed by atoms with Crippen molar-refractivity contribution in [1.82, 2.24) is 4.90 Å². The first-order chi connectivity index (χ1) is 22.4. The first-order valence-corrected chi connectivity index (χ1v) is 16.5. The van der Waals surface area contributed by atoms with Gasteiger partial charge < -0.3 is 19.5 Å². The number of carbonyl (C=O) groups is 1. The highest BCUT2D eigenvalue weighted by molar-refractivity contribution is 6.37. The van der Waals surface area contributed by atoms with E-state index < -0.39 is 11.6 Å². The van der Waals surface area contributed by atoms with Crippen LogP contribution in [0.2, 0.25) is 10.0 Å². The minimum Gasteiger partial charge on any atom is -0.490 e. The van der Waals surface area contributed by atoms with E-state index in [4.69, 9.17) is 37.9 Å². The van der Waals surface area contributed by atoms with Gasteiger partial charge in [-0.3, -0.25) is 0 Å². The topological polar surface area (TPSA) is 82.8 Å². The molecule has 8 heteroatoms. The number of benzene rings is 4. The number of hydrogen-bond donors (Lipinski definition) is 1. The minimum atomic E-state index is -0.942. The zero-order valence-corrected chi connectivity index (χ0v) is 29.2. The van der Waals surface area contributed by atoms with Crippen LogP contribution in [0.15, 0.2) is 78.9 Å². The lowest BCUT2D eigenvalue weighted by molar-refractivity contribution is 0.0956. The molecular weight excluding hydrogens is 631 g/mol. The number of aryl methyl sites for hydroxylation is 3. The first-order valence-electron chi connectivity index (χ1n) is 15.7. The van der Waals surface area contributed by atoms with Gasteiger partial charge >= 0.3 is 6.09 Å². The summed E-state index contributed by atoms with van der Waals surface area (Å²) in [5.41, 5.74) is 7.00. The molecule has 47 heavy (non-hydrogen) atoms. The fourth-order valence-corrected chi connectivity index (χ4v) is 6.48. The van der Waals surface area contributed by atoms with Crippen molar-refractivity contribution in [2.75, 3.05) is 19.8 Å². The number of carboxylic acid groups (broad SMARTS) is 1. The Balaban J connectivity index is 1.52. The SMILES string of the molecule is Cc1cc(Cl)c(OCCOc2ccc(CC(CN(C(=O)O)C(C)(C)C)c3ccc(-c4ccccc4CCC#N)cc3C)cc2)c(Cl)c1. The molecule has 0 aliphatic carbocycles. The molecule has 0 bridgehead atoms. The quantitative estimate of drug-likeness (QED) is 0.143. The second-order valence-electron chi connectivity index (χ2n) is 12.8. The van der Waals surface area contributed by atoms with E-state index in [9.17, 15) is 9.90 Å². The highest BCUT2D eigenvalue weighted by Gasteiger charge is 2.30. The third-order valence-electron chi connectivity index (χ3n) is 8.13. The second kappa shape index (κ2) is 16.1. The maximum Gasteiger partial charge on any atom is 0.407 e. The van der Waals surface area contributed by atoms with Crippen LogP contribution in [-0.2, 0) is 12.8 Å². The summed E-state index contributed by atoms with van der Waals surface area (Å²) in [6.07, 6.45) is 0.856. The maximum atomic E-state index is 12.4. The van der Waals surface area contributed by atoms with Crippen molar-refractivity contribution in [2.45, 2.75) is 65.3 Å². The van der Waals surface area contributed by atoms with E-state index >= 15 is 0 Å². The average Bonchev–Trinajstić information content (AvgIpc) is 3.01. The highest BCUT2D eigenvalue weighted by atomic mass is 35.5. The lowest BCUT2D eigenvalue weighted by Crippen LogP contribution is -2.47. The zero-order valence-electron chi connectivity index (χ0n) is 27.6. The number of rotatable bonds is 13. The van der Waals surface area contributed by atoms with Crippen molar-refractivity contribution >= 4 is 29.3 Å². The third kappa shape index (κ3) is 9.67. The summed E-state index contributed by atoms with van der Waals surface area (Å²) >= 11 is 12.6. The highest BCUT2D eigenvalue weighted by Crippen LogP contribution is 2.35. The number of halogens is 2. The van der Waals surface area contributed by atoms with E-state index in [-0.39, 0.29) is 12.5 Å². The summed E-state index contributed by atoms with van der Waals surface area (Å²) in [5, 5.41) is 20.2. The number of nitriles is 1. The fraction of sp³-hybridized carbons (Fsp3) is 0.333. The van der Waals surface area contributed by atoms with E-state index in [1.54, 1.807) is 12.1 Å². The normalized spacial score (nSPS) is 11.9. The van der Waals surface area contributed by atoms with Gasteiger partial charge in [0.05, 0.1) is 16.1 Å². The van der Waals surface area contributed by atoms with Crippen LogP contribution >= 0.6 is 23.2 Å². The molecule has 0 heterocycles. The van der Waals surface area contributed by atoms with Gasteiger partial charge in [-0.05, 0) is 111 Å². The lowest BCUT2D eigenvalue weighted by Gasteiger charge is -2.36. The Kier molecular flexibility index (Phi) is 12.2. The van der Waals surface area contributed by atoms with Crippen LogP contribution in [0.1, 0.15) is 60.9 Å². The van der Waals surface area contributed by atoms with E-state index in [1.807, 2.05) is 64.1 Å². The van der Waals surface area contributed by atoms with Gasteiger partial charge in [0.1, 0.15) is 19.0 Å². The molecular formula is C39H42Cl2N2O4. The maximum absolute atomic E-state index is 12.4. The van der Waals surface area contributed by atoms with Gasteiger partial charge in [-0.2, -0.15) is 5.26 Å². The van der Waals surface area contributed by atoms with Crippen molar-refractivity contribution in [3.05, 3.63) is 117 Å². The Labute approximate surface area is 288 Å². The average molecular weight is 674 g/mol. The summed E-state index contributed by atoms with van der Waals surface area (Å²) in [6.45, 7) is 10.7. The van der Waals surface area contributed by atoms with Crippen molar-refractivity contribution in [3.8, 4) is 28.7 Å². The molecule has 0 spiro atoms. The molecule has 1 atom stereocenters. The van der Waals surface area contributed by atoms with Gasteiger partial charge in [-0.25, -0.2) is 4.79 Å². The monoisotopic (exact) mass is 672 g/mol. The van der Waals surface area contributed by atoms with E-state index in [1.165, 1.54) is 4.90 Å². The van der Waals surface area contributed by atoms with Crippen LogP contribution < -0.4 is 9.47 Å². The summed E-state index contributed by atoms with van der Waals surface area (Å²) in [6, 6.07) is 28.3. The molecule has 1 N–H and O–H groups in total. The minimum absolute atomic E-state index is 0.0858. The molecule has 0 radical (unpaired) electrons. The molecule has 0 aliphatic rings. The summed E-state index contributed by atoms with van der Waals surface area (Å²) in [5.74, 6) is 1.06. The largest absolute Gasteiger partial charge is 0.490 e. The van der Waals surface area contributed by atoms with Crippen LogP contribution in [0.25, 0.3) is 11.1 Å². The molecule has 246 valence electrons. The predicted molar refractivity (Wildman–Crippen MR) is 190 cm³/mol. The van der Waals surface area contributed by atoms with Gasteiger partial charge in [0.2, 0.25) is 0 Å². The van der Waals surface area contributed by atoms with Gasteiger partial charge in [0, 0.05) is 24.4 Å². The van der Waals surface area contributed by atoms with Gasteiger partial charge in [0.25, 0.3) is 0 Å². The Morgan fingerprint density at radius 1 is 0.936 bits per heavy atom. The summed E-state index contributed by atoms with van der Waals surface area (Å²) in [4.78, 5) is 13.9. The molecule has 4 rings (SSSR count). The Bertz CT molecular complexity index is 1700. The molecule has 6 nitrogen and oxygen atoms in total. The number of amides is 1. The van der Waals surface area contributed by atoms with Gasteiger partial charge in [-0.15, -0.1) is 0 Å². The Hall–Kier alpha value is -4.18. The van der Waals surface area contributed by atoms with Crippen LogP contribution in [0.5, 0.6) is 11.5 Å². The molecule has 0 aliphatic heterocycles. The molecule has 4 aromatic carbocycles. The molecule has 1 amide bonds. The zero-order chi connectivity index (χ0) is 34.1. The molecule has 0 aromatic heterocycles. The second-order valence-corrected chi connectivity index (χ2v) is 13.6. The summed E-state index contributed by atoms with van der Waals surface area (Å²) < 4.78 is 11.7. The van der Waals surface area contributed by atoms with Crippen LogP contribution in [0.4, 0.5) is 4.79 Å². The Morgan fingerprint density at radius 2 is 1.60 bits per heavy atom. The van der Waals surface area contributed by atoms with Gasteiger partial charge in [-0.1, -0.05) is 77.8 Å². The molecule has 0 fully saturated rings. The van der Waals surface area contributed by atoms with Crippen molar-refractivity contribution in [2.24, 2.45) is 0 Å². The number of nitrogens with zero attached hydrogens (tertiary/aromatic N) is 2. The predicted octanol–water partition coefficient (Wildman–Crippen LogP) is 10.3. The fourth-order valence-electron chi connectivity index (χ4n) is 5.78. The lowest BCUT2D eigenvalue weighted by atomic mass is 9.85. The number of ether oxygens (including phenoxy) is 2. The standard InChI is InChI=1S/C39H42Cl2N2O4/c1-26-21-35(40)37(36(41)22-26)47-20-19-46-32-15-12-28(13-16-32)24-31(25-43(38(44)45)39(3,4)5)33-17-14-30(23-27(33)2)34-11-7-6-9-29(34)10-8-18-42/h6-7,9,11-17,21-23,31H,8,10,19-20,24-25H2,1-5H3,(H,44,45). The van der Waals surface area contributed by atoms with Crippen molar-refractivity contribution in [1.29, 1.82) is 5.26 Å². The van der Waals surface area contributed by atoms with Crippen molar-refractivity contribution in [3.63, 3.8) is 0 Å². The van der Waals surface area contributed by atoms with E-state index in [0.717, 1.165) is 38.9 Å². The molecule has 0 saturated carbocycles. The molecule has 0 saturated heterocycles. The van der Waals surface area contributed by atoms with Crippen molar-refractivity contribution < 1.29 is 19.4 Å².